The smallest absolute Gasteiger partial charge is 0.143 e. The Bertz CT molecular complexity index is 360. The van der Waals surface area contributed by atoms with Gasteiger partial charge in [-0.1, -0.05) is 55.8 Å². The minimum atomic E-state index is 0.861. The molecule has 1 rings (SSSR count). The lowest BCUT2D eigenvalue weighted by molar-refractivity contribution is -0.104. The van der Waals surface area contributed by atoms with Crippen LogP contribution < -0.4 is 0 Å². The maximum atomic E-state index is 10.5. The number of hydrogen-bond donors (Lipinski definition) is 0. The third-order valence-electron chi connectivity index (χ3n) is 2.39. The number of rotatable bonds is 6. The molecule has 84 valence electrons. The molecule has 0 amide bonds. The number of aldehydes is 1. The molecule has 0 aliphatic heterocycles. The van der Waals surface area contributed by atoms with Crippen molar-refractivity contribution in [1.82, 2.24) is 0 Å². The molecule has 0 radical (unpaired) electrons. The summed E-state index contributed by atoms with van der Waals surface area (Å²) in [6.07, 6.45) is 9.83. The molecule has 0 aliphatic rings. The molecule has 0 fully saturated rings. The molecule has 0 N–H and O–H groups in total. The predicted octanol–water partition coefficient (Wildman–Crippen LogP) is 4.02. The van der Waals surface area contributed by atoms with Crippen LogP contribution in [0.2, 0.25) is 0 Å². The van der Waals surface area contributed by atoms with Crippen molar-refractivity contribution in [2.24, 2.45) is 0 Å². The molecule has 0 saturated carbocycles. The molecule has 0 heterocycles. The number of carbonyl (C=O) groups excluding carboxylic acids is 1. The van der Waals surface area contributed by atoms with Crippen LogP contribution in [0.5, 0.6) is 0 Å². The van der Waals surface area contributed by atoms with E-state index in [1.54, 1.807) is 6.08 Å². The van der Waals surface area contributed by atoms with Crippen LogP contribution in [0.25, 0.3) is 6.08 Å². The SMILES string of the molecule is CCCCC(=C/C=O)/C=C/c1ccccc1. The summed E-state index contributed by atoms with van der Waals surface area (Å²) in [5.74, 6) is 0. The number of carbonyl (C=O) groups is 1. The molecular formula is C15H18O. The van der Waals surface area contributed by atoms with Crippen molar-refractivity contribution in [3.8, 4) is 0 Å². The van der Waals surface area contributed by atoms with Crippen molar-refractivity contribution in [3.63, 3.8) is 0 Å². The zero-order chi connectivity index (χ0) is 11.6. The Labute approximate surface area is 97.5 Å². The van der Waals surface area contributed by atoms with E-state index in [1.165, 1.54) is 0 Å². The van der Waals surface area contributed by atoms with Crippen LogP contribution in [-0.4, -0.2) is 6.29 Å². The molecule has 0 aromatic heterocycles. The highest BCUT2D eigenvalue weighted by molar-refractivity contribution is 5.68. The largest absolute Gasteiger partial charge is 0.299 e. The average Bonchev–Trinajstić information content (AvgIpc) is 2.34. The summed E-state index contributed by atoms with van der Waals surface area (Å²) in [6.45, 7) is 2.15. The van der Waals surface area contributed by atoms with Gasteiger partial charge in [0.05, 0.1) is 0 Å². The second-order valence-electron chi connectivity index (χ2n) is 3.73. The molecule has 0 unspecified atom stereocenters. The van der Waals surface area contributed by atoms with Gasteiger partial charge in [-0.15, -0.1) is 0 Å². The van der Waals surface area contributed by atoms with Crippen molar-refractivity contribution < 1.29 is 4.79 Å². The summed E-state index contributed by atoms with van der Waals surface area (Å²) >= 11 is 0. The summed E-state index contributed by atoms with van der Waals surface area (Å²) in [5, 5.41) is 0. The van der Waals surface area contributed by atoms with Crippen molar-refractivity contribution in [2.75, 3.05) is 0 Å². The van der Waals surface area contributed by atoms with Gasteiger partial charge in [0.15, 0.2) is 0 Å². The van der Waals surface area contributed by atoms with E-state index in [0.29, 0.717) is 0 Å². The van der Waals surface area contributed by atoms with Gasteiger partial charge in [-0.05, 0) is 30.1 Å². The third kappa shape index (κ3) is 4.74. The van der Waals surface area contributed by atoms with E-state index in [4.69, 9.17) is 0 Å². The van der Waals surface area contributed by atoms with E-state index in [1.807, 2.05) is 30.4 Å². The maximum absolute atomic E-state index is 10.5. The molecule has 0 aliphatic carbocycles. The lowest BCUT2D eigenvalue weighted by atomic mass is 10.1. The van der Waals surface area contributed by atoms with E-state index in [0.717, 1.165) is 36.7 Å². The van der Waals surface area contributed by atoms with Crippen molar-refractivity contribution in [2.45, 2.75) is 26.2 Å². The van der Waals surface area contributed by atoms with E-state index in [9.17, 15) is 4.79 Å². The monoisotopic (exact) mass is 214 g/mol. The first-order valence-corrected chi connectivity index (χ1v) is 5.74. The van der Waals surface area contributed by atoms with Gasteiger partial charge in [0.2, 0.25) is 0 Å². The van der Waals surface area contributed by atoms with Crippen LogP contribution in [0.15, 0.2) is 48.1 Å². The Balaban J connectivity index is 2.64. The molecule has 1 aromatic rings. The lowest BCUT2D eigenvalue weighted by Gasteiger charge is -1.99. The number of allylic oxidation sites excluding steroid dienone is 3. The Morgan fingerprint density at radius 1 is 1.25 bits per heavy atom. The number of hydrogen-bond acceptors (Lipinski definition) is 1. The minimum absolute atomic E-state index is 0.861. The molecule has 0 saturated heterocycles. The topological polar surface area (TPSA) is 17.1 Å². The van der Waals surface area contributed by atoms with Gasteiger partial charge < -0.3 is 0 Å². The van der Waals surface area contributed by atoms with Crippen LogP contribution in [-0.2, 0) is 4.79 Å². The number of benzene rings is 1. The van der Waals surface area contributed by atoms with Gasteiger partial charge in [-0.25, -0.2) is 0 Å². The van der Waals surface area contributed by atoms with Crippen LogP contribution in [0.3, 0.4) is 0 Å². The van der Waals surface area contributed by atoms with Crippen LogP contribution in [0.4, 0.5) is 0 Å². The second-order valence-corrected chi connectivity index (χ2v) is 3.73. The molecule has 1 heteroatoms. The average molecular weight is 214 g/mol. The highest BCUT2D eigenvalue weighted by atomic mass is 16.1. The quantitative estimate of drug-likeness (QED) is 0.397. The Morgan fingerprint density at radius 3 is 2.62 bits per heavy atom. The van der Waals surface area contributed by atoms with Gasteiger partial charge in [0.25, 0.3) is 0 Å². The fourth-order valence-corrected chi connectivity index (χ4v) is 1.46. The van der Waals surface area contributed by atoms with E-state index >= 15 is 0 Å². The molecule has 16 heavy (non-hydrogen) atoms. The summed E-state index contributed by atoms with van der Waals surface area (Å²) in [4.78, 5) is 10.5. The zero-order valence-corrected chi connectivity index (χ0v) is 9.73. The fourth-order valence-electron chi connectivity index (χ4n) is 1.46. The van der Waals surface area contributed by atoms with Crippen molar-refractivity contribution in [1.29, 1.82) is 0 Å². The summed E-state index contributed by atoms with van der Waals surface area (Å²) < 4.78 is 0. The Hall–Kier alpha value is -1.63. The Morgan fingerprint density at radius 2 is 2.00 bits per heavy atom. The molecule has 0 atom stereocenters. The Kier molecular flexibility index (Phi) is 5.94. The molecular weight excluding hydrogens is 196 g/mol. The minimum Gasteiger partial charge on any atom is -0.299 e. The third-order valence-corrected chi connectivity index (χ3v) is 2.39. The van der Waals surface area contributed by atoms with Gasteiger partial charge in [-0.2, -0.15) is 0 Å². The first kappa shape index (κ1) is 12.4. The summed E-state index contributed by atoms with van der Waals surface area (Å²) in [6, 6.07) is 10.1. The molecule has 0 spiro atoms. The van der Waals surface area contributed by atoms with E-state index in [2.05, 4.69) is 19.1 Å². The predicted molar refractivity (Wildman–Crippen MR) is 69.1 cm³/mol. The fraction of sp³-hybridized carbons (Fsp3) is 0.267. The van der Waals surface area contributed by atoms with Crippen LogP contribution >= 0.6 is 0 Å². The van der Waals surface area contributed by atoms with Gasteiger partial charge in [0, 0.05) is 0 Å². The van der Waals surface area contributed by atoms with Crippen molar-refractivity contribution >= 4 is 12.4 Å². The molecule has 1 nitrogen and oxygen atoms in total. The highest BCUT2D eigenvalue weighted by Gasteiger charge is 1.92. The lowest BCUT2D eigenvalue weighted by Crippen LogP contribution is -1.81. The van der Waals surface area contributed by atoms with Gasteiger partial charge >= 0.3 is 0 Å². The second kappa shape index (κ2) is 7.63. The van der Waals surface area contributed by atoms with Crippen LogP contribution in [0.1, 0.15) is 31.7 Å². The summed E-state index contributed by atoms with van der Waals surface area (Å²) in [7, 11) is 0. The standard InChI is InChI=1S/C15H18O/c1-2-3-7-15(12-13-16)11-10-14-8-5-4-6-9-14/h4-6,8-13H,2-3,7H2,1H3/b11-10+,15-12-. The van der Waals surface area contributed by atoms with Crippen molar-refractivity contribution in [3.05, 3.63) is 53.6 Å². The van der Waals surface area contributed by atoms with Gasteiger partial charge in [-0.3, -0.25) is 4.79 Å². The van der Waals surface area contributed by atoms with E-state index in [-0.39, 0.29) is 0 Å². The normalized spacial score (nSPS) is 11.9. The maximum Gasteiger partial charge on any atom is 0.143 e. The molecule has 0 bridgehead atoms. The van der Waals surface area contributed by atoms with Crippen LogP contribution in [0, 0.1) is 0 Å². The first-order chi connectivity index (χ1) is 7.86. The highest BCUT2D eigenvalue weighted by Crippen LogP contribution is 2.11. The molecule has 1 aromatic carbocycles. The first-order valence-electron chi connectivity index (χ1n) is 5.74. The zero-order valence-electron chi connectivity index (χ0n) is 9.73. The summed E-state index contributed by atoms with van der Waals surface area (Å²) in [5.41, 5.74) is 2.26. The number of unbranched alkanes of at least 4 members (excludes halogenated alkanes) is 1. The van der Waals surface area contributed by atoms with E-state index < -0.39 is 0 Å². The van der Waals surface area contributed by atoms with Gasteiger partial charge in [0.1, 0.15) is 6.29 Å².